The van der Waals surface area contributed by atoms with Gasteiger partial charge in [0.25, 0.3) is 5.91 Å². The van der Waals surface area contributed by atoms with Crippen molar-refractivity contribution < 1.29 is 9.53 Å². The number of nitrogens with zero attached hydrogens (tertiary/aromatic N) is 3. The van der Waals surface area contributed by atoms with Gasteiger partial charge in [-0.15, -0.1) is 0 Å². The molecule has 25 heavy (non-hydrogen) atoms. The summed E-state index contributed by atoms with van der Waals surface area (Å²) in [5.74, 6) is -0.0110. The molecule has 0 saturated carbocycles. The van der Waals surface area contributed by atoms with Crippen LogP contribution in [0.2, 0.25) is 0 Å². The first-order valence-corrected chi connectivity index (χ1v) is 8.56. The number of benzene rings is 1. The fourth-order valence-corrected chi connectivity index (χ4v) is 2.92. The van der Waals surface area contributed by atoms with Gasteiger partial charge >= 0.3 is 0 Å². The normalized spacial score (nSPS) is 14.4. The number of nitrogens with one attached hydrogen (secondary N) is 1. The maximum Gasteiger partial charge on any atom is 0.272 e. The third-order valence-corrected chi connectivity index (χ3v) is 4.30. The monoisotopic (exact) mass is 340 g/mol. The highest BCUT2D eigenvalue weighted by Gasteiger charge is 2.23. The van der Waals surface area contributed by atoms with E-state index in [1.54, 1.807) is 13.3 Å². The number of piperazine rings is 1. The van der Waals surface area contributed by atoms with E-state index in [1.165, 1.54) is 5.69 Å². The Hall–Kier alpha value is -2.60. The van der Waals surface area contributed by atoms with E-state index in [0.29, 0.717) is 31.9 Å². The van der Waals surface area contributed by atoms with Crippen LogP contribution in [0.4, 0.5) is 11.4 Å². The molecule has 1 saturated heterocycles. The molecule has 0 radical (unpaired) electrons. The van der Waals surface area contributed by atoms with Crippen LogP contribution in [-0.4, -0.2) is 62.2 Å². The molecule has 1 amide bonds. The van der Waals surface area contributed by atoms with Gasteiger partial charge in [0.2, 0.25) is 0 Å². The molecule has 6 heteroatoms. The van der Waals surface area contributed by atoms with Gasteiger partial charge in [0, 0.05) is 57.4 Å². The van der Waals surface area contributed by atoms with E-state index in [-0.39, 0.29) is 5.91 Å². The molecule has 2 heterocycles. The van der Waals surface area contributed by atoms with Gasteiger partial charge in [0.1, 0.15) is 5.69 Å². The molecule has 0 spiro atoms. The lowest BCUT2D eigenvalue weighted by atomic mass is 10.2. The van der Waals surface area contributed by atoms with E-state index in [0.717, 1.165) is 18.8 Å². The molecule has 2 aromatic rings. The summed E-state index contributed by atoms with van der Waals surface area (Å²) in [6, 6.07) is 14.0. The number of hydrogen-bond acceptors (Lipinski definition) is 5. The van der Waals surface area contributed by atoms with E-state index < -0.39 is 0 Å². The zero-order chi connectivity index (χ0) is 17.5. The van der Waals surface area contributed by atoms with Crippen LogP contribution in [0.15, 0.2) is 48.7 Å². The molecule has 1 aliphatic heterocycles. The Balaban J connectivity index is 1.58. The summed E-state index contributed by atoms with van der Waals surface area (Å²) in [6.07, 6.45) is 1.67. The molecule has 1 N–H and O–H groups in total. The van der Waals surface area contributed by atoms with Gasteiger partial charge in [-0.25, -0.2) is 0 Å². The zero-order valence-electron chi connectivity index (χ0n) is 14.5. The topological polar surface area (TPSA) is 57.7 Å². The molecule has 3 rings (SSSR count). The first kappa shape index (κ1) is 17.2. The molecule has 6 nitrogen and oxygen atoms in total. The third kappa shape index (κ3) is 4.48. The Kier molecular flexibility index (Phi) is 5.85. The van der Waals surface area contributed by atoms with Crippen molar-refractivity contribution in [3.8, 4) is 0 Å². The molecule has 1 aromatic heterocycles. The van der Waals surface area contributed by atoms with E-state index in [9.17, 15) is 4.79 Å². The number of methoxy groups -OCH3 is 1. The smallest absolute Gasteiger partial charge is 0.272 e. The van der Waals surface area contributed by atoms with E-state index in [1.807, 2.05) is 35.2 Å². The SMILES string of the molecule is COCCNc1ccnc(C(=O)N2CCN(c3ccccc3)CC2)c1. The molecule has 0 aliphatic carbocycles. The van der Waals surface area contributed by atoms with Crippen LogP contribution in [0.3, 0.4) is 0 Å². The second kappa shape index (κ2) is 8.48. The fraction of sp³-hybridized carbons (Fsp3) is 0.368. The highest BCUT2D eigenvalue weighted by atomic mass is 16.5. The van der Waals surface area contributed by atoms with Gasteiger partial charge in [0.15, 0.2) is 0 Å². The molecule has 0 bridgehead atoms. The van der Waals surface area contributed by atoms with Crippen LogP contribution >= 0.6 is 0 Å². The van der Waals surface area contributed by atoms with E-state index in [4.69, 9.17) is 4.74 Å². The van der Waals surface area contributed by atoms with Crippen LogP contribution in [0.1, 0.15) is 10.5 Å². The Morgan fingerprint density at radius 1 is 1.16 bits per heavy atom. The highest BCUT2D eigenvalue weighted by molar-refractivity contribution is 5.93. The Labute approximate surface area is 148 Å². The highest BCUT2D eigenvalue weighted by Crippen LogP contribution is 2.17. The van der Waals surface area contributed by atoms with Crippen LogP contribution in [0, 0.1) is 0 Å². The maximum absolute atomic E-state index is 12.7. The summed E-state index contributed by atoms with van der Waals surface area (Å²) in [6.45, 7) is 4.40. The molecule has 1 aliphatic rings. The summed E-state index contributed by atoms with van der Waals surface area (Å²) < 4.78 is 5.03. The molecule has 1 fully saturated rings. The summed E-state index contributed by atoms with van der Waals surface area (Å²) in [4.78, 5) is 21.1. The largest absolute Gasteiger partial charge is 0.383 e. The second-order valence-electron chi connectivity index (χ2n) is 5.96. The van der Waals surface area contributed by atoms with Gasteiger partial charge < -0.3 is 19.9 Å². The predicted molar refractivity (Wildman–Crippen MR) is 99.2 cm³/mol. The molecule has 0 atom stereocenters. The standard InChI is InChI=1S/C19H24N4O2/c1-25-14-9-20-16-7-8-21-18(15-16)19(24)23-12-10-22(11-13-23)17-5-3-2-4-6-17/h2-8,15H,9-14H2,1H3,(H,20,21). The summed E-state index contributed by atoms with van der Waals surface area (Å²) in [7, 11) is 1.66. The van der Waals surface area contributed by atoms with Gasteiger partial charge in [0.05, 0.1) is 6.61 Å². The van der Waals surface area contributed by atoms with Crippen molar-refractivity contribution in [2.24, 2.45) is 0 Å². The second-order valence-corrected chi connectivity index (χ2v) is 5.96. The first-order valence-electron chi connectivity index (χ1n) is 8.56. The lowest BCUT2D eigenvalue weighted by Crippen LogP contribution is -2.49. The number of amides is 1. The maximum atomic E-state index is 12.7. The quantitative estimate of drug-likeness (QED) is 0.816. The van der Waals surface area contributed by atoms with Crippen molar-refractivity contribution in [3.05, 3.63) is 54.4 Å². The Morgan fingerprint density at radius 2 is 1.92 bits per heavy atom. The minimum Gasteiger partial charge on any atom is -0.383 e. The number of ether oxygens (including phenoxy) is 1. The number of para-hydroxylation sites is 1. The average Bonchev–Trinajstić information content (AvgIpc) is 2.69. The molecule has 0 unspecified atom stereocenters. The number of anilines is 2. The van der Waals surface area contributed by atoms with Gasteiger partial charge in [-0.3, -0.25) is 9.78 Å². The van der Waals surface area contributed by atoms with Crippen molar-refractivity contribution in [1.29, 1.82) is 0 Å². The Morgan fingerprint density at radius 3 is 2.64 bits per heavy atom. The molecular weight excluding hydrogens is 316 g/mol. The van der Waals surface area contributed by atoms with Crippen LogP contribution in [-0.2, 0) is 4.74 Å². The Bertz CT molecular complexity index is 685. The summed E-state index contributed by atoms with van der Waals surface area (Å²) in [5, 5.41) is 3.23. The van der Waals surface area contributed by atoms with Crippen molar-refractivity contribution in [1.82, 2.24) is 9.88 Å². The van der Waals surface area contributed by atoms with Gasteiger partial charge in [-0.1, -0.05) is 18.2 Å². The number of carbonyl (C=O) groups is 1. The van der Waals surface area contributed by atoms with Crippen molar-refractivity contribution >= 4 is 17.3 Å². The molecular formula is C19H24N4O2. The lowest BCUT2D eigenvalue weighted by molar-refractivity contribution is 0.0741. The number of pyridine rings is 1. The average molecular weight is 340 g/mol. The van der Waals surface area contributed by atoms with Crippen molar-refractivity contribution in [3.63, 3.8) is 0 Å². The predicted octanol–water partition coefficient (Wildman–Crippen LogP) is 2.10. The van der Waals surface area contributed by atoms with Crippen molar-refractivity contribution in [2.75, 3.05) is 56.7 Å². The minimum absolute atomic E-state index is 0.0110. The first-order chi connectivity index (χ1) is 12.3. The van der Waals surface area contributed by atoms with E-state index in [2.05, 4.69) is 27.3 Å². The zero-order valence-corrected chi connectivity index (χ0v) is 14.5. The van der Waals surface area contributed by atoms with Crippen LogP contribution in [0.5, 0.6) is 0 Å². The number of rotatable bonds is 6. The lowest BCUT2D eigenvalue weighted by Gasteiger charge is -2.36. The molecule has 132 valence electrons. The summed E-state index contributed by atoms with van der Waals surface area (Å²) in [5.41, 5.74) is 2.57. The van der Waals surface area contributed by atoms with Crippen molar-refractivity contribution in [2.45, 2.75) is 0 Å². The summed E-state index contributed by atoms with van der Waals surface area (Å²) >= 11 is 0. The number of aromatic nitrogens is 1. The fourth-order valence-electron chi connectivity index (χ4n) is 2.92. The van der Waals surface area contributed by atoms with Gasteiger partial charge in [-0.05, 0) is 24.3 Å². The molecule has 1 aromatic carbocycles. The third-order valence-electron chi connectivity index (χ3n) is 4.30. The van der Waals surface area contributed by atoms with E-state index >= 15 is 0 Å². The number of carbonyl (C=O) groups excluding carboxylic acids is 1. The van der Waals surface area contributed by atoms with Crippen LogP contribution < -0.4 is 10.2 Å². The van der Waals surface area contributed by atoms with Gasteiger partial charge in [-0.2, -0.15) is 0 Å². The minimum atomic E-state index is -0.0110. The van der Waals surface area contributed by atoms with Crippen LogP contribution in [0.25, 0.3) is 0 Å². The number of hydrogen-bond donors (Lipinski definition) is 1.